The zero-order valence-corrected chi connectivity index (χ0v) is 10.9. The van der Waals surface area contributed by atoms with Gasteiger partial charge in [0.05, 0.1) is 31.6 Å². The molecule has 1 N–H and O–H groups in total. The average molecular weight is 291 g/mol. The van der Waals surface area contributed by atoms with Crippen LogP contribution in [0.5, 0.6) is 0 Å². The first-order chi connectivity index (χ1) is 7.74. The fourth-order valence-electron chi connectivity index (χ4n) is 1.87. The van der Waals surface area contributed by atoms with Crippen molar-refractivity contribution in [3.63, 3.8) is 0 Å². The van der Waals surface area contributed by atoms with Gasteiger partial charge in [-0.25, -0.2) is 4.68 Å². The van der Waals surface area contributed by atoms with Crippen LogP contribution in [0.4, 0.5) is 0 Å². The Morgan fingerprint density at radius 2 is 2.38 bits per heavy atom. The molecular weight excluding hydrogens is 276 g/mol. The number of nitrogens with one attached hydrogen (secondary N) is 1. The summed E-state index contributed by atoms with van der Waals surface area (Å²) >= 11 is 3.39. The highest BCUT2D eigenvalue weighted by molar-refractivity contribution is 9.10. The molecule has 1 aromatic heterocycles. The largest absolute Gasteiger partial charge is 0.376 e. The van der Waals surface area contributed by atoms with Gasteiger partial charge in [0.2, 0.25) is 0 Å². The Hall–Kier alpha value is -0.500. The van der Waals surface area contributed by atoms with E-state index in [4.69, 9.17) is 9.47 Å². The fraction of sp³-hybridized carbons (Fsp3) is 0.778. The highest BCUT2D eigenvalue weighted by Crippen LogP contribution is 2.25. The van der Waals surface area contributed by atoms with Crippen molar-refractivity contribution in [1.82, 2.24) is 20.3 Å². The molecule has 2 heterocycles. The second-order valence-corrected chi connectivity index (χ2v) is 4.39. The molecule has 16 heavy (non-hydrogen) atoms. The van der Waals surface area contributed by atoms with Gasteiger partial charge < -0.3 is 14.8 Å². The van der Waals surface area contributed by atoms with E-state index >= 15 is 0 Å². The predicted molar refractivity (Wildman–Crippen MR) is 61.1 cm³/mol. The van der Waals surface area contributed by atoms with Gasteiger partial charge in [-0.3, -0.25) is 0 Å². The van der Waals surface area contributed by atoms with Crippen LogP contribution >= 0.6 is 15.9 Å². The second-order valence-electron chi connectivity index (χ2n) is 3.64. The molecule has 6 nitrogen and oxygen atoms in total. The summed E-state index contributed by atoms with van der Waals surface area (Å²) in [6.45, 7) is 1.88. The van der Waals surface area contributed by atoms with Crippen molar-refractivity contribution in [3.8, 4) is 0 Å². The lowest BCUT2D eigenvalue weighted by molar-refractivity contribution is -0.102. The van der Waals surface area contributed by atoms with E-state index in [1.807, 2.05) is 14.1 Å². The lowest BCUT2D eigenvalue weighted by Crippen LogP contribution is -2.40. The molecule has 7 heteroatoms. The second kappa shape index (κ2) is 5.22. The molecule has 1 fully saturated rings. The number of aryl methyl sites for hydroxylation is 1. The van der Waals surface area contributed by atoms with Gasteiger partial charge in [0.15, 0.2) is 4.60 Å². The summed E-state index contributed by atoms with van der Waals surface area (Å²) in [5.41, 5.74) is 0.970. The van der Waals surface area contributed by atoms with Crippen LogP contribution in [-0.4, -0.2) is 48.0 Å². The maximum absolute atomic E-state index is 5.69. The van der Waals surface area contributed by atoms with Crippen molar-refractivity contribution < 1.29 is 9.47 Å². The van der Waals surface area contributed by atoms with Crippen LogP contribution in [0.2, 0.25) is 0 Å². The lowest BCUT2D eigenvalue weighted by Gasteiger charge is -2.30. The Kier molecular flexibility index (Phi) is 3.91. The van der Waals surface area contributed by atoms with E-state index in [0.717, 1.165) is 10.3 Å². The molecular formula is C9H15BrN4O2. The van der Waals surface area contributed by atoms with Crippen molar-refractivity contribution in [2.75, 3.05) is 26.9 Å². The van der Waals surface area contributed by atoms with Gasteiger partial charge in [-0.05, 0) is 23.0 Å². The summed E-state index contributed by atoms with van der Waals surface area (Å²) in [4.78, 5) is 0. The first-order valence-electron chi connectivity index (χ1n) is 5.15. The molecule has 0 bridgehead atoms. The topological polar surface area (TPSA) is 61.2 Å². The van der Waals surface area contributed by atoms with Gasteiger partial charge in [-0.2, -0.15) is 0 Å². The smallest absolute Gasteiger partial charge is 0.153 e. The van der Waals surface area contributed by atoms with Crippen LogP contribution in [0.15, 0.2) is 4.60 Å². The van der Waals surface area contributed by atoms with Gasteiger partial charge in [-0.15, -0.1) is 5.10 Å². The molecule has 0 aromatic carbocycles. The van der Waals surface area contributed by atoms with Crippen LogP contribution in [0.1, 0.15) is 11.7 Å². The van der Waals surface area contributed by atoms with Crippen LogP contribution in [0.3, 0.4) is 0 Å². The molecule has 0 aliphatic carbocycles. The van der Waals surface area contributed by atoms with Crippen LogP contribution in [-0.2, 0) is 16.5 Å². The van der Waals surface area contributed by atoms with Crippen molar-refractivity contribution in [2.24, 2.45) is 7.05 Å². The van der Waals surface area contributed by atoms with Gasteiger partial charge in [0.25, 0.3) is 0 Å². The number of aromatic nitrogens is 3. The Labute approximate surface area is 102 Å². The predicted octanol–water partition coefficient (Wildman–Crippen LogP) is 0.253. The maximum Gasteiger partial charge on any atom is 0.153 e. The summed E-state index contributed by atoms with van der Waals surface area (Å²) < 4.78 is 13.6. The summed E-state index contributed by atoms with van der Waals surface area (Å²) in [6.07, 6.45) is -0.00718. The molecule has 2 rings (SSSR count). The Bertz CT molecular complexity index is 332. The lowest BCUT2D eigenvalue weighted by atomic mass is 10.1. The van der Waals surface area contributed by atoms with Gasteiger partial charge in [0, 0.05) is 7.05 Å². The third kappa shape index (κ3) is 2.27. The minimum atomic E-state index is -0.00718. The van der Waals surface area contributed by atoms with Gasteiger partial charge in [-0.1, -0.05) is 5.21 Å². The van der Waals surface area contributed by atoms with E-state index in [1.54, 1.807) is 4.68 Å². The quantitative estimate of drug-likeness (QED) is 0.865. The van der Waals surface area contributed by atoms with Crippen LogP contribution < -0.4 is 5.32 Å². The van der Waals surface area contributed by atoms with E-state index in [-0.39, 0.29) is 12.1 Å². The van der Waals surface area contributed by atoms with E-state index in [9.17, 15) is 0 Å². The number of nitrogens with zero attached hydrogens (tertiary/aromatic N) is 3. The Morgan fingerprint density at radius 3 is 2.88 bits per heavy atom. The molecule has 0 saturated carbocycles. The third-order valence-corrected chi connectivity index (χ3v) is 3.21. The minimum Gasteiger partial charge on any atom is -0.376 e. The van der Waals surface area contributed by atoms with E-state index in [2.05, 4.69) is 31.6 Å². The monoisotopic (exact) mass is 290 g/mol. The number of likely N-dealkylation sites (N-methyl/N-ethyl adjacent to an activating group) is 1. The van der Waals surface area contributed by atoms with E-state index < -0.39 is 0 Å². The van der Waals surface area contributed by atoms with Crippen molar-refractivity contribution in [3.05, 3.63) is 10.3 Å². The van der Waals surface area contributed by atoms with Crippen LogP contribution in [0, 0.1) is 0 Å². The number of rotatable bonds is 3. The van der Waals surface area contributed by atoms with Crippen molar-refractivity contribution in [2.45, 2.75) is 12.1 Å². The highest BCUT2D eigenvalue weighted by atomic mass is 79.9. The van der Waals surface area contributed by atoms with Crippen LogP contribution in [0.25, 0.3) is 0 Å². The molecule has 0 amide bonds. The first-order valence-corrected chi connectivity index (χ1v) is 5.95. The fourth-order valence-corrected chi connectivity index (χ4v) is 2.44. The molecule has 1 aliphatic rings. The Morgan fingerprint density at radius 1 is 1.56 bits per heavy atom. The zero-order valence-electron chi connectivity index (χ0n) is 9.31. The Balaban J connectivity index is 2.21. The van der Waals surface area contributed by atoms with Crippen molar-refractivity contribution >= 4 is 15.9 Å². The SMILES string of the molecule is CNC(c1c(Br)nnn1C)C1COCCO1. The molecule has 2 atom stereocenters. The molecule has 1 aromatic rings. The standard InChI is InChI=1S/C9H15BrN4O2/c1-11-7(6-5-15-3-4-16-6)8-9(10)12-13-14(8)2/h6-7,11H,3-5H2,1-2H3. The zero-order chi connectivity index (χ0) is 11.5. The number of hydrogen-bond donors (Lipinski definition) is 1. The third-order valence-electron chi connectivity index (χ3n) is 2.65. The van der Waals surface area contributed by atoms with E-state index in [1.165, 1.54) is 0 Å². The number of halogens is 1. The molecule has 90 valence electrons. The summed E-state index contributed by atoms with van der Waals surface area (Å²) in [5, 5.41) is 11.2. The van der Waals surface area contributed by atoms with E-state index in [0.29, 0.717) is 19.8 Å². The number of ether oxygens (including phenoxy) is 2. The van der Waals surface area contributed by atoms with Gasteiger partial charge >= 0.3 is 0 Å². The summed E-state index contributed by atoms with van der Waals surface area (Å²) in [7, 11) is 3.75. The molecule has 0 radical (unpaired) electrons. The molecule has 1 saturated heterocycles. The minimum absolute atomic E-state index is 0.00718. The average Bonchev–Trinajstić information content (AvgIpc) is 2.63. The maximum atomic E-state index is 5.69. The summed E-state index contributed by atoms with van der Waals surface area (Å²) in [6, 6.07) is 0.0228. The summed E-state index contributed by atoms with van der Waals surface area (Å²) in [5.74, 6) is 0. The van der Waals surface area contributed by atoms with Gasteiger partial charge in [0.1, 0.15) is 6.10 Å². The molecule has 0 spiro atoms. The normalized spacial score (nSPS) is 23.3. The number of hydrogen-bond acceptors (Lipinski definition) is 5. The first kappa shape index (κ1) is 12.0. The molecule has 2 unspecified atom stereocenters. The van der Waals surface area contributed by atoms with Crippen molar-refractivity contribution in [1.29, 1.82) is 0 Å². The highest BCUT2D eigenvalue weighted by Gasteiger charge is 2.29. The molecule has 1 aliphatic heterocycles.